The van der Waals surface area contributed by atoms with E-state index in [1.165, 1.54) is 18.4 Å². The van der Waals surface area contributed by atoms with Gasteiger partial charge in [-0.2, -0.15) is 0 Å². The third-order valence-corrected chi connectivity index (χ3v) is 6.16. The van der Waals surface area contributed by atoms with Gasteiger partial charge in [-0.3, -0.25) is 4.79 Å². The van der Waals surface area contributed by atoms with Crippen molar-refractivity contribution >= 4 is 15.9 Å². The molecule has 25 heavy (non-hydrogen) atoms. The highest BCUT2D eigenvalue weighted by atomic mass is 32.2. The van der Waals surface area contributed by atoms with E-state index in [4.69, 9.17) is 0 Å². The number of rotatable bonds is 7. The molecule has 6 heteroatoms. The zero-order valence-corrected chi connectivity index (χ0v) is 16.1. The van der Waals surface area contributed by atoms with Gasteiger partial charge in [0.1, 0.15) is 0 Å². The summed E-state index contributed by atoms with van der Waals surface area (Å²) in [5.74, 6) is -0.303. The van der Waals surface area contributed by atoms with Crippen LogP contribution >= 0.6 is 0 Å². The summed E-state index contributed by atoms with van der Waals surface area (Å²) in [6.45, 7) is 5.78. The van der Waals surface area contributed by atoms with E-state index in [9.17, 15) is 13.2 Å². The van der Waals surface area contributed by atoms with Crippen molar-refractivity contribution in [2.75, 3.05) is 13.1 Å². The number of carbonyl (C=O) groups is 1. The van der Waals surface area contributed by atoms with Crippen molar-refractivity contribution in [2.45, 2.75) is 57.8 Å². The fraction of sp³-hybridized carbons (Fsp3) is 0.526. The zero-order chi connectivity index (χ0) is 18.4. The third-order valence-electron chi connectivity index (χ3n) is 4.45. The molecular formula is C19H28N2O3S. The van der Waals surface area contributed by atoms with E-state index in [0.717, 1.165) is 24.8 Å². The quantitative estimate of drug-likeness (QED) is 0.731. The van der Waals surface area contributed by atoms with Crippen molar-refractivity contribution in [3.63, 3.8) is 0 Å². The van der Waals surface area contributed by atoms with Gasteiger partial charge in [-0.25, -0.2) is 13.1 Å². The fourth-order valence-corrected chi connectivity index (χ4v) is 4.81. The predicted molar refractivity (Wildman–Crippen MR) is 100 cm³/mol. The Morgan fingerprint density at radius 2 is 1.80 bits per heavy atom. The Morgan fingerprint density at radius 1 is 1.12 bits per heavy atom. The minimum absolute atomic E-state index is 0.242. The van der Waals surface area contributed by atoms with Crippen LogP contribution in [-0.2, 0) is 14.8 Å². The van der Waals surface area contributed by atoms with Gasteiger partial charge in [0.15, 0.2) is 0 Å². The van der Waals surface area contributed by atoms with Crippen LogP contribution in [0.3, 0.4) is 0 Å². The first kappa shape index (κ1) is 19.7. The first-order valence-corrected chi connectivity index (χ1v) is 10.3. The highest BCUT2D eigenvalue weighted by Crippen LogP contribution is 2.21. The molecule has 0 bridgehead atoms. The van der Waals surface area contributed by atoms with Crippen LogP contribution in [0.4, 0.5) is 0 Å². The van der Waals surface area contributed by atoms with Gasteiger partial charge in [0.05, 0.1) is 11.4 Å². The molecule has 0 fully saturated rings. The monoisotopic (exact) mass is 364 g/mol. The van der Waals surface area contributed by atoms with Gasteiger partial charge in [0.2, 0.25) is 15.9 Å². The van der Waals surface area contributed by atoms with E-state index in [-0.39, 0.29) is 17.3 Å². The highest BCUT2D eigenvalue weighted by molar-refractivity contribution is 7.89. The van der Waals surface area contributed by atoms with Crippen LogP contribution in [0.1, 0.15) is 48.8 Å². The summed E-state index contributed by atoms with van der Waals surface area (Å²) in [5, 5.41) is 2.79. The number of nitrogens with one attached hydrogen (secondary N) is 2. The summed E-state index contributed by atoms with van der Waals surface area (Å²) < 4.78 is 27.4. The number of sulfonamides is 1. The average molecular weight is 365 g/mol. The van der Waals surface area contributed by atoms with E-state index < -0.39 is 10.0 Å². The van der Waals surface area contributed by atoms with Crippen molar-refractivity contribution in [3.05, 3.63) is 40.5 Å². The maximum absolute atomic E-state index is 12.5. The first-order chi connectivity index (χ1) is 11.8. The van der Waals surface area contributed by atoms with Crippen LogP contribution in [0.2, 0.25) is 0 Å². The van der Waals surface area contributed by atoms with Crippen molar-refractivity contribution in [3.8, 4) is 0 Å². The number of carbonyl (C=O) groups excluding carboxylic acids is 1. The lowest BCUT2D eigenvalue weighted by Gasteiger charge is -2.14. The molecule has 2 rings (SSSR count). The Hall–Kier alpha value is -1.66. The van der Waals surface area contributed by atoms with Crippen LogP contribution < -0.4 is 10.0 Å². The number of allylic oxidation sites excluding steroid dienone is 1. The summed E-state index contributed by atoms with van der Waals surface area (Å²) in [4.78, 5) is 12.2. The van der Waals surface area contributed by atoms with Crippen LogP contribution in [-0.4, -0.2) is 27.4 Å². The lowest BCUT2D eigenvalue weighted by Crippen LogP contribution is -2.37. The van der Waals surface area contributed by atoms with Gasteiger partial charge >= 0.3 is 0 Å². The summed E-state index contributed by atoms with van der Waals surface area (Å²) >= 11 is 0. The standard InChI is InChI=1S/C19H28N2O3S/c1-14-11-15(2)19(16(3)12-14)25(23,24)21-13-18(22)20-10-9-17-7-5-4-6-8-17/h7,11-12,21H,4-6,8-10,13H2,1-3H3,(H,20,22). The molecule has 2 N–H and O–H groups in total. The fourth-order valence-electron chi connectivity index (χ4n) is 3.38. The van der Waals surface area contributed by atoms with Gasteiger partial charge in [0, 0.05) is 6.54 Å². The Labute approximate surface area is 151 Å². The normalized spacial score (nSPS) is 14.9. The van der Waals surface area contributed by atoms with E-state index in [0.29, 0.717) is 17.7 Å². The first-order valence-electron chi connectivity index (χ1n) is 8.82. The molecule has 0 unspecified atom stereocenters. The molecule has 5 nitrogen and oxygen atoms in total. The number of aryl methyl sites for hydroxylation is 3. The minimum Gasteiger partial charge on any atom is -0.355 e. The van der Waals surface area contributed by atoms with E-state index >= 15 is 0 Å². The molecule has 1 amide bonds. The van der Waals surface area contributed by atoms with E-state index in [2.05, 4.69) is 16.1 Å². The molecule has 1 aromatic rings. The van der Waals surface area contributed by atoms with Crippen LogP contribution in [0, 0.1) is 20.8 Å². The maximum atomic E-state index is 12.5. The second-order valence-corrected chi connectivity index (χ2v) is 8.46. The molecule has 1 aromatic carbocycles. The zero-order valence-electron chi connectivity index (χ0n) is 15.3. The molecule has 0 saturated carbocycles. The highest BCUT2D eigenvalue weighted by Gasteiger charge is 2.20. The maximum Gasteiger partial charge on any atom is 0.241 e. The predicted octanol–water partition coefficient (Wildman–Crippen LogP) is 2.90. The lowest BCUT2D eigenvalue weighted by atomic mass is 9.97. The van der Waals surface area contributed by atoms with Gasteiger partial charge < -0.3 is 5.32 Å². The molecule has 138 valence electrons. The van der Waals surface area contributed by atoms with Crippen LogP contribution in [0.15, 0.2) is 28.7 Å². The molecule has 0 saturated heterocycles. The van der Waals surface area contributed by atoms with E-state index in [1.54, 1.807) is 13.8 Å². The molecule has 0 spiro atoms. The molecule has 0 heterocycles. The van der Waals surface area contributed by atoms with Crippen LogP contribution in [0.5, 0.6) is 0 Å². The Balaban J connectivity index is 1.87. The van der Waals surface area contributed by atoms with Crippen molar-refractivity contribution in [2.24, 2.45) is 0 Å². The summed E-state index contributed by atoms with van der Waals surface area (Å²) in [6.07, 6.45) is 7.78. The summed E-state index contributed by atoms with van der Waals surface area (Å²) in [6, 6.07) is 3.67. The third kappa shape index (κ3) is 5.68. The van der Waals surface area contributed by atoms with Crippen LogP contribution in [0.25, 0.3) is 0 Å². The van der Waals surface area contributed by atoms with Gasteiger partial charge in [-0.15, -0.1) is 0 Å². The Kier molecular flexibility index (Phi) is 6.79. The smallest absolute Gasteiger partial charge is 0.241 e. The van der Waals surface area contributed by atoms with Gasteiger partial charge in [-0.05, 0) is 64.0 Å². The van der Waals surface area contributed by atoms with Gasteiger partial charge in [0.25, 0.3) is 0 Å². The molecule has 1 aliphatic rings. The summed E-state index contributed by atoms with van der Waals surface area (Å²) in [5.41, 5.74) is 3.78. The largest absolute Gasteiger partial charge is 0.355 e. The van der Waals surface area contributed by atoms with E-state index in [1.807, 2.05) is 19.1 Å². The number of hydrogen-bond acceptors (Lipinski definition) is 3. The van der Waals surface area contributed by atoms with Crippen molar-refractivity contribution < 1.29 is 13.2 Å². The topological polar surface area (TPSA) is 75.3 Å². The summed E-state index contributed by atoms with van der Waals surface area (Å²) in [7, 11) is -3.70. The molecular weight excluding hydrogens is 336 g/mol. The van der Waals surface area contributed by atoms with Crippen molar-refractivity contribution in [1.82, 2.24) is 10.0 Å². The molecule has 0 aliphatic heterocycles. The Bertz CT molecular complexity index is 744. The number of amides is 1. The number of hydrogen-bond donors (Lipinski definition) is 2. The van der Waals surface area contributed by atoms with Gasteiger partial charge in [-0.1, -0.05) is 29.3 Å². The average Bonchev–Trinajstić information content (AvgIpc) is 2.53. The SMILES string of the molecule is Cc1cc(C)c(S(=O)(=O)NCC(=O)NCCC2=CCCCC2)c(C)c1. The number of benzene rings is 1. The second kappa shape index (κ2) is 8.63. The second-order valence-electron chi connectivity index (χ2n) is 6.76. The lowest BCUT2D eigenvalue weighted by molar-refractivity contribution is -0.119. The van der Waals surface area contributed by atoms with Crippen molar-refractivity contribution in [1.29, 1.82) is 0 Å². The molecule has 0 aromatic heterocycles. The minimum atomic E-state index is -3.70. The molecule has 0 atom stereocenters. The molecule has 1 aliphatic carbocycles. The molecule has 0 radical (unpaired) electrons. The Morgan fingerprint density at radius 3 is 2.40 bits per heavy atom.